The average molecular weight is 565 g/mol. The second-order valence-electron chi connectivity index (χ2n) is 10.8. The smallest absolute Gasteiger partial charge is 0.177 e. The lowest BCUT2D eigenvalue weighted by Gasteiger charge is -2.27. The topological polar surface area (TPSA) is 29.3 Å². The number of aromatic nitrogens is 1. The number of fused-ring (bicyclic) bond motifs is 3. The minimum atomic E-state index is 0.759. The molecule has 44 heavy (non-hydrogen) atoms. The highest BCUT2D eigenvalue weighted by atomic mass is 16.3. The molecule has 0 amide bonds. The zero-order valence-electron chi connectivity index (χ0n) is 24.0. The molecule has 208 valence electrons. The van der Waals surface area contributed by atoms with Crippen LogP contribution in [0.25, 0.3) is 55.4 Å². The van der Waals surface area contributed by atoms with Gasteiger partial charge < -0.3 is 9.32 Å². The van der Waals surface area contributed by atoms with Crippen LogP contribution >= 0.6 is 0 Å². The van der Waals surface area contributed by atoms with E-state index in [2.05, 4.69) is 138 Å². The highest BCUT2D eigenvalue weighted by molar-refractivity contribution is 6.08. The second-order valence-corrected chi connectivity index (χ2v) is 10.8. The number of hydrogen-bond donors (Lipinski definition) is 0. The molecule has 0 radical (unpaired) electrons. The molecule has 8 aromatic rings. The predicted molar refractivity (Wildman–Crippen MR) is 183 cm³/mol. The first-order valence-electron chi connectivity index (χ1n) is 14.8. The maximum atomic E-state index is 6.50. The van der Waals surface area contributed by atoms with Crippen molar-refractivity contribution in [2.45, 2.75) is 0 Å². The number of furan rings is 1. The normalized spacial score (nSPS) is 11.2. The van der Waals surface area contributed by atoms with Gasteiger partial charge in [0.2, 0.25) is 0 Å². The van der Waals surface area contributed by atoms with Crippen LogP contribution in [0.5, 0.6) is 0 Å². The van der Waals surface area contributed by atoms with Crippen molar-refractivity contribution in [3.8, 4) is 33.4 Å². The third kappa shape index (κ3) is 4.61. The molecule has 0 atom stereocenters. The van der Waals surface area contributed by atoms with Gasteiger partial charge in [-0.15, -0.1) is 0 Å². The molecule has 0 bridgehead atoms. The monoisotopic (exact) mass is 564 g/mol. The van der Waals surface area contributed by atoms with Crippen LogP contribution in [-0.2, 0) is 0 Å². The molecule has 3 nitrogen and oxygen atoms in total. The van der Waals surface area contributed by atoms with E-state index in [-0.39, 0.29) is 0 Å². The maximum absolute atomic E-state index is 6.50. The van der Waals surface area contributed by atoms with Crippen LogP contribution in [0.3, 0.4) is 0 Å². The maximum Gasteiger partial charge on any atom is 0.177 e. The van der Waals surface area contributed by atoms with Gasteiger partial charge in [-0.2, -0.15) is 0 Å². The molecule has 2 aromatic heterocycles. The summed E-state index contributed by atoms with van der Waals surface area (Å²) in [6.45, 7) is 0. The van der Waals surface area contributed by atoms with Crippen LogP contribution in [0.2, 0.25) is 0 Å². The van der Waals surface area contributed by atoms with Gasteiger partial charge in [-0.05, 0) is 75.8 Å². The Morgan fingerprint density at radius 3 is 1.73 bits per heavy atom. The van der Waals surface area contributed by atoms with Gasteiger partial charge in [0.1, 0.15) is 11.1 Å². The van der Waals surface area contributed by atoms with Crippen LogP contribution in [0, 0.1) is 0 Å². The number of pyridine rings is 1. The Morgan fingerprint density at radius 2 is 1.02 bits per heavy atom. The molecule has 0 saturated carbocycles. The van der Waals surface area contributed by atoms with Crippen molar-refractivity contribution in [2.75, 3.05) is 4.90 Å². The lowest BCUT2D eigenvalue weighted by Crippen LogP contribution is -2.11. The third-order valence-electron chi connectivity index (χ3n) is 8.14. The number of anilines is 3. The fourth-order valence-corrected chi connectivity index (χ4v) is 6.03. The molecule has 8 rings (SSSR count). The van der Waals surface area contributed by atoms with E-state index in [0.29, 0.717) is 0 Å². The zero-order valence-corrected chi connectivity index (χ0v) is 24.0. The lowest BCUT2D eigenvalue weighted by molar-refractivity contribution is 0.668. The van der Waals surface area contributed by atoms with Gasteiger partial charge in [0.05, 0.1) is 5.69 Å². The highest BCUT2D eigenvalue weighted by Crippen LogP contribution is 2.44. The Bertz CT molecular complexity index is 2200. The largest absolute Gasteiger partial charge is 0.452 e. The summed E-state index contributed by atoms with van der Waals surface area (Å²) >= 11 is 0. The van der Waals surface area contributed by atoms with Gasteiger partial charge in [0.15, 0.2) is 5.58 Å². The van der Waals surface area contributed by atoms with Gasteiger partial charge >= 0.3 is 0 Å². The summed E-state index contributed by atoms with van der Waals surface area (Å²) in [5.41, 5.74) is 12.5. The van der Waals surface area contributed by atoms with Gasteiger partial charge in [-0.1, -0.05) is 121 Å². The van der Waals surface area contributed by atoms with Crippen molar-refractivity contribution in [3.05, 3.63) is 170 Å². The molecule has 2 heterocycles. The van der Waals surface area contributed by atoms with E-state index in [1.165, 1.54) is 22.3 Å². The summed E-state index contributed by atoms with van der Waals surface area (Å²) in [7, 11) is 0. The molecule has 0 N–H and O–H groups in total. The standard InChI is InChI=1S/C41H28N2O/c1-4-12-29(13-5-1)30-20-22-33(23-21-30)43(38-26-27-42-40-36-18-10-11-19-39(36)44-41(38)40)34-24-25-35(31-14-6-2-7-15-31)37(28-34)32-16-8-3-9-17-32/h1-28H. The van der Waals surface area contributed by atoms with Crippen LogP contribution < -0.4 is 4.90 Å². The molecule has 3 heteroatoms. The molecule has 0 fully saturated rings. The number of para-hydroxylation sites is 1. The number of nitrogens with zero attached hydrogens (tertiary/aromatic N) is 2. The lowest BCUT2D eigenvalue weighted by atomic mass is 9.93. The fourth-order valence-electron chi connectivity index (χ4n) is 6.03. The van der Waals surface area contributed by atoms with E-state index >= 15 is 0 Å². The first kappa shape index (κ1) is 25.8. The van der Waals surface area contributed by atoms with Crippen LogP contribution in [0.15, 0.2) is 174 Å². The zero-order chi connectivity index (χ0) is 29.3. The summed E-state index contributed by atoms with van der Waals surface area (Å²) in [4.78, 5) is 7.03. The number of hydrogen-bond acceptors (Lipinski definition) is 3. The van der Waals surface area contributed by atoms with Crippen LogP contribution in [0.1, 0.15) is 0 Å². The van der Waals surface area contributed by atoms with Crippen LogP contribution in [-0.4, -0.2) is 4.98 Å². The summed E-state index contributed by atoms with van der Waals surface area (Å²) in [6.07, 6.45) is 1.88. The minimum Gasteiger partial charge on any atom is -0.452 e. The molecule has 0 spiro atoms. The SMILES string of the molecule is c1ccc(-c2ccc(N(c3ccc(-c4ccccc4)c(-c4ccccc4)c3)c3ccnc4c3oc3ccccc34)cc2)cc1. The third-order valence-corrected chi connectivity index (χ3v) is 8.14. The molecule has 0 unspecified atom stereocenters. The van der Waals surface area contributed by atoms with Crippen molar-refractivity contribution in [2.24, 2.45) is 0 Å². The van der Waals surface area contributed by atoms with Crippen molar-refractivity contribution in [1.82, 2.24) is 4.98 Å². The van der Waals surface area contributed by atoms with E-state index in [1.54, 1.807) is 0 Å². The van der Waals surface area contributed by atoms with Gasteiger partial charge in [0, 0.05) is 23.0 Å². The Kier molecular flexibility index (Phi) is 6.47. The van der Waals surface area contributed by atoms with Gasteiger partial charge in [0.25, 0.3) is 0 Å². The van der Waals surface area contributed by atoms with Crippen molar-refractivity contribution >= 4 is 39.1 Å². The average Bonchev–Trinajstić information content (AvgIpc) is 3.49. The summed E-state index contributed by atoms with van der Waals surface area (Å²) in [5, 5.41) is 1.01. The number of rotatable bonds is 6. The Hall–Kier alpha value is -5.93. The Morgan fingerprint density at radius 1 is 0.455 bits per heavy atom. The van der Waals surface area contributed by atoms with E-state index in [0.717, 1.165) is 50.3 Å². The predicted octanol–water partition coefficient (Wildman–Crippen LogP) is 11.5. The van der Waals surface area contributed by atoms with E-state index in [4.69, 9.17) is 9.40 Å². The van der Waals surface area contributed by atoms with E-state index in [9.17, 15) is 0 Å². The van der Waals surface area contributed by atoms with Crippen molar-refractivity contribution in [3.63, 3.8) is 0 Å². The molecule has 0 aliphatic heterocycles. The minimum absolute atomic E-state index is 0.759. The molecule has 0 aliphatic rings. The van der Waals surface area contributed by atoms with Gasteiger partial charge in [-0.25, -0.2) is 0 Å². The summed E-state index contributed by atoms with van der Waals surface area (Å²) in [5.74, 6) is 0. The quantitative estimate of drug-likeness (QED) is 0.201. The number of benzene rings is 6. The Labute approximate surface area is 256 Å². The Balaban J connectivity index is 1.36. The van der Waals surface area contributed by atoms with Crippen molar-refractivity contribution < 1.29 is 4.42 Å². The molecule has 0 saturated heterocycles. The van der Waals surface area contributed by atoms with Crippen LogP contribution in [0.4, 0.5) is 17.1 Å². The summed E-state index contributed by atoms with van der Waals surface area (Å²) < 4.78 is 6.50. The molecule has 0 aliphatic carbocycles. The molecule has 6 aromatic carbocycles. The van der Waals surface area contributed by atoms with E-state index < -0.39 is 0 Å². The fraction of sp³-hybridized carbons (Fsp3) is 0. The summed E-state index contributed by atoms with van der Waals surface area (Å²) in [6, 6.07) is 57.3. The first-order valence-corrected chi connectivity index (χ1v) is 14.8. The molecular formula is C41H28N2O. The van der Waals surface area contributed by atoms with Gasteiger partial charge in [-0.3, -0.25) is 4.98 Å². The highest BCUT2D eigenvalue weighted by Gasteiger charge is 2.21. The van der Waals surface area contributed by atoms with Crippen molar-refractivity contribution in [1.29, 1.82) is 0 Å². The second kappa shape index (κ2) is 11.0. The molecular weight excluding hydrogens is 536 g/mol. The van der Waals surface area contributed by atoms with E-state index in [1.807, 2.05) is 36.5 Å². The first-order chi connectivity index (χ1) is 21.8.